The minimum absolute atomic E-state index is 0.436. The Balaban J connectivity index is 2.83. The van der Waals surface area contributed by atoms with Crippen molar-refractivity contribution in [2.75, 3.05) is 26.3 Å². The zero-order valence-corrected chi connectivity index (χ0v) is 15.6. The van der Waals surface area contributed by atoms with E-state index in [-0.39, 0.29) is 0 Å². The third-order valence-electron chi connectivity index (χ3n) is 3.98. The largest absolute Gasteiger partial charge is 0.501 e. The fourth-order valence-corrected chi connectivity index (χ4v) is 5.51. The molecule has 22 heavy (non-hydrogen) atoms. The highest BCUT2D eigenvalue weighted by molar-refractivity contribution is 6.61. The van der Waals surface area contributed by atoms with Crippen molar-refractivity contribution in [3.8, 4) is 0 Å². The summed E-state index contributed by atoms with van der Waals surface area (Å²) in [6.45, 7) is 12.2. The minimum Gasteiger partial charge on any atom is -0.479 e. The van der Waals surface area contributed by atoms with Crippen LogP contribution in [0.4, 0.5) is 0 Å². The van der Waals surface area contributed by atoms with E-state index in [0.29, 0.717) is 31.7 Å². The lowest BCUT2D eigenvalue weighted by Crippen LogP contribution is -2.55. The maximum Gasteiger partial charge on any atom is 0.501 e. The third-order valence-corrected chi connectivity index (χ3v) is 7.31. The molecule has 1 fully saturated rings. The first-order valence-electron chi connectivity index (χ1n) is 8.28. The van der Waals surface area contributed by atoms with Crippen molar-refractivity contribution in [2.45, 2.75) is 65.1 Å². The molecule has 1 saturated heterocycles. The number of rotatable bonds is 12. The second kappa shape index (κ2) is 8.40. The molecule has 0 saturated carbocycles. The predicted molar refractivity (Wildman–Crippen MR) is 86.9 cm³/mol. The van der Waals surface area contributed by atoms with Crippen molar-refractivity contribution in [3.63, 3.8) is 0 Å². The fourth-order valence-electron chi connectivity index (χ4n) is 2.55. The topological polar surface area (TPSA) is 68.0 Å². The molecular weight excluding hydrogens is 302 g/mol. The van der Waals surface area contributed by atoms with Crippen molar-refractivity contribution in [2.24, 2.45) is 0 Å². The molecule has 0 aromatic rings. The smallest absolute Gasteiger partial charge is 0.479 e. The highest BCUT2D eigenvalue weighted by Crippen LogP contribution is 2.29. The average molecular weight is 334 g/mol. The van der Waals surface area contributed by atoms with Gasteiger partial charge in [-0.15, -0.1) is 0 Å². The highest BCUT2D eigenvalue weighted by atomic mass is 28.4. The molecule has 1 aliphatic rings. The number of carbonyl (C=O) groups is 1. The lowest BCUT2D eigenvalue weighted by atomic mass is 10.0. The number of nitrogens with zero attached hydrogens (tertiary/aromatic N) is 1. The van der Waals surface area contributed by atoms with E-state index in [2.05, 4.69) is 11.8 Å². The number of carboxylic acid groups (broad SMARTS) is 1. The summed E-state index contributed by atoms with van der Waals surface area (Å²) < 4.78 is 17.7. The van der Waals surface area contributed by atoms with Gasteiger partial charge in [-0.3, -0.25) is 4.90 Å². The van der Waals surface area contributed by atoms with E-state index in [1.165, 1.54) is 0 Å². The van der Waals surface area contributed by atoms with Crippen LogP contribution in [0.1, 0.15) is 47.5 Å². The van der Waals surface area contributed by atoms with Crippen LogP contribution in [0.2, 0.25) is 6.04 Å². The Morgan fingerprint density at radius 2 is 1.86 bits per heavy atom. The molecule has 0 aromatic heterocycles. The summed E-state index contributed by atoms with van der Waals surface area (Å²) in [6, 6.07) is 1.19. The van der Waals surface area contributed by atoms with Crippen LogP contribution in [0, 0.1) is 0 Å². The van der Waals surface area contributed by atoms with E-state index in [1.807, 2.05) is 20.8 Å². The van der Waals surface area contributed by atoms with Crippen LogP contribution in [-0.2, 0) is 18.1 Å². The van der Waals surface area contributed by atoms with Gasteiger partial charge in [0.25, 0.3) is 0 Å². The fraction of sp³-hybridized carbons (Fsp3) is 0.933. The SMILES string of the molecule is CCC[Si](OCC)(OCC)OC(C)(CCN1CC1C)C(=O)O. The first-order valence-corrected chi connectivity index (χ1v) is 10.2. The molecule has 1 rings (SSSR count). The average Bonchev–Trinajstić information content (AvgIpc) is 3.13. The molecule has 0 aromatic carbocycles. The number of hydrogen-bond donors (Lipinski definition) is 1. The van der Waals surface area contributed by atoms with E-state index in [9.17, 15) is 9.90 Å². The van der Waals surface area contributed by atoms with Gasteiger partial charge in [0.15, 0.2) is 5.60 Å². The molecule has 3 unspecified atom stereocenters. The Hall–Kier alpha value is -0.473. The van der Waals surface area contributed by atoms with Gasteiger partial charge in [0, 0.05) is 38.4 Å². The Labute approximate surface area is 135 Å². The maximum atomic E-state index is 11.8. The lowest BCUT2D eigenvalue weighted by Gasteiger charge is -2.36. The summed E-state index contributed by atoms with van der Waals surface area (Å²) in [5.74, 6) is -0.950. The molecule has 0 amide bonds. The molecule has 6 nitrogen and oxygen atoms in total. The Bertz CT molecular complexity index is 351. The van der Waals surface area contributed by atoms with E-state index in [0.717, 1.165) is 19.5 Å². The molecule has 0 radical (unpaired) electrons. The van der Waals surface area contributed by atoms with Gasteiger partial charge >= 0.3 is 14.8 Å². The molecule has 0 bridgehead atoms. The van der Waals surface area contributed by atoms with Crippen molar-refractivity contribution < 1.29 is 23.2 Å². The summed E-state index contributed by atoms with van der Waals surface area (Å²) in [5.41, 5.74) is -1.27. The van der Waals surface area contributed by atoms with E-state index in [4.69, 9.17) is 13.3 Å². The van der Waals surface area contributed by atoms with Crippen molar-refractivity contribution in [1.82, 2.24) is 4.90 Å². The zero-order valence-electron chi connectivity index (χ0n) is 14.6. The Morgan fingerprint density at radius 1 is 1.32 bits per heavy atom. The first kappa shape index (κ1) is 19.6. The molecule has 130 valence electrons. The van der Waals surface area contributed by atoms with E-state index in [1.54, 1.807) is 6.92 Å². The van der Waals surface area contributed by atoms with Crippen molar-refractivity contribution >= 4 is 14.8 Å². The molecule has 3 atom stereocenters. The summed E-state index contributed by atoms with van der Waals surface area (Å²) in [5, 5.41) is 9.67. The minimum atomic E-state index is -2.96. The molecule has 7 heteroatoms. The van der Waals surface area contributed by atoms with Crippen LogP contribution in [-0.4, -0.2) is 62.7 Å². The van der Waals surface area contributed by atoms with Crippen LogP contribution in [0.15, 0.2) is 0 Å². The second-order valence-corrected chi connectivity index (χ2v) is 8.68. The van der Waals surface area contributed by atoms with Crippen LogP contribution < -0.4 is 0 Å². The lowest BCUT2D eigenvalue weighted by molar-refractivity contribution is -0.159. The number of carboxylic acids is 1. The van der Waals surface area contributed by atoms with Gasteiger partial charge in [-0.2, -0.15) is 0 Å². The standard InChI is InChI=1S/C15H31NO5Si/c1-6-11-22(19-7-2,20-8-3)21-15(5,14(17)18)9-10-16-12-13(16)4/h13H,6-12H2,1-5H3,(H,17,18). The van der Waals surface area contributed by atoms with Gasteiger partial charge in [0.1, 0.15) is 0 Å². The summed E-state index contributed by atoms with van der Waals surface area (Å²) in [4.78, 5) is 14.0. The van der Waals surface area contributed by atoms with E-state index < -0.39 is 20.4 Å². The summed E-state index contributed by atoms with van der Waals surface area (Å²) in [7, 11) is -2.96. The monoisotopic (exact) mass is 333 g/mol. The van der Waals surface area contributed by atoms with Crippen molar-refractivity contribution in [1.29, 1.82) is 0 Å². The summed E-state index contributed by atoms with van der Waals surface area (Å²) >= 11 is 0. The van der Waals surface area contributed by atoms with Gasteiger partial charge in [0.05, 0.1) is 0 Å². The van der Waals surface area contributed by atoms with Gasteiger partial charge in [-0.1, -0.05) is 13.3 Å². The molecule has 1 N–H and O–H groups in total. The van der Waals surface area contributed by atoms with Crippen LogP contribution in [0.5, 0.6) is 0 Å². The van der Waals surface area contributed by atoms with Gasteiger partial charge in [-0.25, -0.2) is 4.79 Å². The maximum absolute atomic E-state index is 11.8. The van der Waals surface area contributed by atoms with Crippen molar-refractivity contribution in [3.05, 3.63) is 0 Å². The number of hydrogen-bond acceptors (Lipinski definition) is 5. The van der Waals surface area contributed by atoms with Crippen LogP contribution >= 0.6 is 0 Å². The molecule has 0 spiro atoms. The molecular formula is C15H31NO5Si. The Kier molecular flexibility index (Phi) is 7.47. The van der Waals surface area contributed by atoms with Crippen LogP contribution in [0.3, 0.4) is 0 Å². The molecule has 1 heterocycles. The van der Waals surface area contributed by atoms with E-state index >= 15 is 0 Å². The second-order valence-electron chi connectivity index (χ2n) is 6.03. The first-order chi connectivity index (χ1) is 10.3. The highest BCUT2D eigenvalue weighted by Gasteiger charge is 2.50. The van der Waals surface area contributed by atoms with Gasteiger partial charge in [-0.05, 0) is 34.1 Å². The molecule has 1 aliphatic heterocycles. The Morgan fingerprint density at radius 3 is 2.23 bits per heavy atom. The van der Waals surface area contributed by atoms with Gasteiger partial charge in [0.2, 0.25) is 0 Å². The van der Waals surface area contributed by atoms with Crippen LogP contribution in [0.25, 0.3) is 0 Å². The summed E-state index contributed by atoms with van der Waals surface area (Å²) in [6.07, 6.45) is 1.27. The predicted octanol–water partition coefficient (Wildman–Crippen LogP) is 2.36. The quantitative estimate of drug-likeness (QED) is 0.437. The third kappa shape index (κ3) is 5.31. The normalized spacial score (nSPS) is 24.0. The zero-order chi connectivity index (χ0) is 16.8. The van der Waals surface area contributed by atoms with Gasteiger partial charge < -0.3 is 18.4 Å². The molecule has 0 aliphatic carbocycles. The number of aliphatic carboxylic acids is 1.